The van der Waals surface area contributed by atoms with Crippen molar-refractivity contribution in [1.82, 2.24) is 20.4 Å². The highest BCUT2D eigenvalue weighted by Crippen LogP contribution is 2.29. The average Bonchev–Trinajstić information content (AvgIpc) is 2.99. The Morgan fingerprint density at radius 3 is 2.96 bits per heavy atom. The number of fused-ring (bicyclic) bond motifs is 1. The number of aliphatic hydroxyl groups is 1. The Kier molecular flexibility index (Phi) is 4.92. The van der Waals surface area contributed by atoms with Crippen LogP contribution in [-0.4, -0.2) is 27.5 Å². The second kappa shape index (κ2) is 7.28. The van der Waals surface area contributed by atoms with Crippen LogP contribution in [0.4, 0.5) is 4.79 Å². The van der Waals surface area contributed by atoms with Gasteiger partial charge in [0.1, 0.15) is 0 Å². The first-order chi connectivity index (χ1) is 11.3. The molecule has 1 atom stereocenters. The number of urea groups is 1. The lowest BCUT2D eigenvalue weighted by Crippen LogP contribution is -2.38. The molecule has 0 spiro atoms. The van der Waals surface area contributed by atoms with Crippen molar-refractivity contribution in [2.45, 2.75) is 38.4 Å². The number of rotatable bonds is 5. The zero-order chi connectivity index (χ0) is 16.1. The Morgan fingerprint density at radius 1 is 1.35 bits per heavy atom. The van der Waals surface area contributed by atoms with E-state index in [-0.39, 0.29) is 18.7 Å². The van der Waals surface area contributed by atoms with Gasteiger partial charge in [-0.2, -0.15) is 5.10 Å². The van der Waals surface area contributed by atoms with E-state index < -0.39 is 0 Å². The van der Waals surface area contributed by atoms with E-state index in [1.807, 2.05) is 41.2 Å². The monoisotopic (exact) mass is 314 g/mol. The molecule has 1 aliphatic carbocycles. The molecule has 0 unspecified atom stereocenters. The third kappa shape index (κ3) is 3.71. The minimum absolute atomic E-state index is 0.0121. The lowest BCUT2D eigenvalue weighted by Gasteiger charge is -2.24. The van der Waals surface area contributed by atoms with Crippen LogP contribution in [0.2, 0.25) is 0 Å². The van der Waals surface area contributed by atoms with E-state index >= 15 is 0 Å². The molecule has 0 radical (unpaired) electrons. The maximum atomic E-state index is 12.1. The van der Waals surface area contributed by atoms with E-state index in [2.05, 4.69) is 15.7 Å². The van der Waals surface area contributed by atoms with E-state index in [0.717, 1.165) is 36.1 Å². The number of nitrogens with one attached hydrogen (secondary N) is 2. The third-order valence-corrected chi connectivity index (χ3v) is 4.18. The van der Waals surface area contributed by atoms with Crippen molar-refractivity contribution in [2.75, 3.05) is 6.61 Å². The summed E-state index contributed by atoms with van der Waals surface area (Å²) < 4.78 is 1.84. The fourth-order valence-corrected chi connectivity index (χ4v) is 3.04. The standard InChI is InChI=1S/C17H22N4O2/c22-10-9-21-16-8-4-7-15(14(16)12-19-21)20-17(23)18-11-13-5-2-1-3-6-13/h1-3,5-6,12,15,22H,4,7-11H2,(H2,18,20,23)/t15-/m1/s1. The largest absolute Gasteiger partial charge is 0.394 e. The van der Waals surface area contributed by atoms with Crippen LogP contribution in [0.25, 0.3) is 0 Å². The van der Waals surface area contributed by atoms with Crippen molar-refractivity contribution < 1.29 is 9.90 Å². The summed E-state index contributed by atoms with van der Waals surface area (Å²) in [5.74, 6) is 0. The van der Waals surface area contributed by atoms with Crippen molar-refractivity contribution in [2.24, 2.45) is 0 Å². The van der Waals surface area contributed by atoms with E-state index in [9.17, 15) is 4.79 Å². The van der Waals surface area contributed by atoms with E-state index in [1.54, 1.807) is 0 Å². The lowest BCUT2D eigenvalue weighted by atomic mass is 9.93. The fraction of sp³-hybridized carbons (Fsp3) is 0.412. The minimum atomic E-state index is -0.165. The molecule has 1 heterocycles. The topological polar surface area (TPSA) is 79.2 Å². The summed E-state index contributed by atoms with van der Waals surface area (Å²) >= 11 is 0. The molecule has 1 aliphatic rings. The van der Waals surface area contributed by atoms with Crippen LogP contribution in [0.1, 0.15) is 35.7 Å². The molecule has 6 nitrogen and oxygen atoms in total. The molecule has 6 heteroatoms. The number of hydrogen-bond acceptors (Lipinski definition) is 3. The van der Waals surface area contributed by atoms with Gasteiger partial charge in [-0.25, -0.2) is 4.79 Å². The summed E-state index contributed by atoms with van der Waals surface area (Å²) in [5, 5.41) is 19.3. The van der Waals surface area contributed by atoms with Gasteiger partial charge in [0.15, 0.2) is 0 Å². The molecule has 2 amide bonds. The molecule has 3 N–H and O–H groups in total. The molecule has 0 fully saturated rings. The number of hydrogen-bond donors (Lipinski definition) is 3. The Labute approximate surface area is 135 Å². The first-order valence-corrected chi connectivity index (χ1v) is 8.01. The molecular weight excluding hydrogens is 292 g/mol. The maximum absolute atomic E-state index is 12.1. The highest BCUT2D eigenvalue weighted by molar-refractivity contribution is 5.74. The summed E-state index contributed by atoms with van der Waals surface area (Å²) in [4.78, 5) is 12.1. The molecule has 1 aromatic heterocycles. The minimum Gasteiger partial charge on any atom is -0.394 e. The number of aliphatic hydroxyl groups excluding tert-OH is 1. The van der Waals surface area contributed by atoms with E-state index in [0.29, 0.717) is 13.1 Å². The van der Waals surface area contributed by atoms with Gasteiger partial charge in [0.05, 0.1) is 25.4 Å². The van der Waals surface area contributed by atoms with Crippen LogP contribution >= 0.6 is 0 Å². The molecule has 122 valence electrons. The molecule has 0 aliphatic heterocycles. The van der Waals surface area contributed by atoms with Gasteiger partial charge in [0.25, 0.3) is 0 Å². The van der Waals surface area contributed by atoms with Crippen LogP contribution in [0.3, 0.4) is 0 Å². The molecule has 2 aromatic rings. The molecule has 0 saturated carbocycles. The molecule has 0 bridgehead atoms. The SMILES string of the molecule is O=C(NCc1ccccc1)N[C@@H]1CCCc2c1cnn2CCO. The smallest absolute Gasteiger partial charge is 0.315 e. The van der Waals surface area contributed by atoms with Gasteiger partial charge in [0.2, 0.25) is 0 Å². The van der Waals surface area contributed by atoms with Crippen LogP contribution in [-0.2, 0) is 19.5 Å². The lowest BCUT2D eigenvalue weighted by molar-refractivity contribution is 0.234. The predicted molar refractivity (Wildman–Crippen MR) is 86.8 cm³/mol. The summed E-state index contributed by atoms with van der Waals surface area (Å²) in [6, 6.07) is 9.66. The van der Waals surface area contributed by atoms with Gasteiger partial charge in [-0.3, -0.25) is 4.68 Å². The molecule has 1 aromatic carbocycles. The second-order valence-corrected chi connectivity index (χ2v) is 5.75. The van der Waals surface area contributed by atoms with Crippen molar-refractivity contribution >= 4 is 6.03 Å². The van der Waals surface area contributed by atoms with E-state index in [4.69, 9.17) is 5.11 Å². The summed E-state index contributed by atoms with van der Waals surface area (Å²) in [5.41, 5.74) is 3.26. The van der Waals surface area contributed by atoms with Gasteiger partial charge < -0.3 is 15.7 Å². The first kappa shape index (κ1) is 15.6. The third-order valence-electron chi connectivity index (χ3n) is 4.18. The molecule has 3 rings (SSSR count). The molecular formula is C17H22N4O2. The van der Waals surface area contributed by atoms with Crippen molar-refractivity contribution in [1.29, 1.82) is 0 Å². The number of carbonyl (C=O) groups is 1. The zero-order valence-corrected chi connectivity index (χ0v) is 13.0. The Morgan fingerprint density at radius 2 is 2.17 bits per heavy atom. The number of aromatic nitrogens is 2. The van der Waals surface area contributed by atoms with Crippen LogP contribution < -0.4 is 10.6 Å². The van der Waals surface area contributed by atoms with Gasteiger partial charge in [0, 0.05) is 17.8 Å². The highest BCUT2D eigenvalue weighted by atomic mass is 16.3. The molecule has 0 saturated heterocycles. The normalized spacial score (nSPS) is 16.7. The van der Waals surface area contributed by atoms with Gasteiger partial charge >= 0.3 is 6.03 Å². The van der Waals surface area contributed by atoms with Crippen molar-refractivity contribution in [3.05, 3.63) is 53.3 Å². The van der Waals surface area contributed by atoms with Crippen molar-refractivity contribution in [3.63, 3.8) is 0 Å². The quantitative estimate of drug-likeness (QED) is 0.787. The van der Waals surface area contributed by atoms with Crippen LogP contribution in [0.15, 0.2) is 36.5 Å². The number of carbonyl (C=O) groups excluding carboxylic acids is 1. The Balaban J connectivity index is 1.59. The average molecular weight is 314 g/mol. The predicted octanol–water partition coefficient (Wildman–Crippen LogP) is 1.75. The van der Waals surface area contributed by atoms with Crippen LogP contribution in [0.5, 0.6) is 0 Å². The number of amides is 2. The highest BCUT2D eigenvalue weighted by Gasteiger charge is 2.25. The maximum Gasteiger partial charge on any atom is 0.315 e. The van der Waals surface area contributed by atoms with E-state index in [1.165, 1.54) is 0 Å². The second-order valence-electron chi connectivity index (χ2n) is 5.75. The van der Waals surface area contributed by atoms with Crippen LogP contribution in [0, 0.1) is 0 Å². The van der Waals surface area contributed by atoms with Gasteiger partial charge in [-0.15, -0.1) is 0 Å². The first-order valence-electron chi connectivity index (χ1n) is 8.01. The number of benzene rings is 1. The Bertz CT molecular complexity index is 654. The summed E-state index contributed by atoms with van der Waals surface area (Å²) in [7, 11) is 0. The van der Waals surface area contributed by atoms with Crippen molar-refractivity contribution in [3.8, 4) is 0 Å². The summed E-state index contributed by atoms with van der Waals surface area (Å²) in [6.45, 7) is 1.09. The van der Waals surface area contributed by atoms with Gasteiger partial charge in [-0.05, 0) is 24.8 Å². The number of nitrogens with zero attached hydrogens (tertiary/aromatic N) is 2. The fourth-order valence-electron chi connectivity index (χ4n) is 3.04. The Hall–Kier alpha value is -2.34. The van der Waals surface area contributed by atoms with Gasteiger partial charge in [-0.1, -0.05) is 30.3 Å². The summed E-state index contributed by atoms with van der Waals surface area (Å²) in [6.07, 6.45) is 4.68. The zero-order valence-electron chi connectivity index (χ0n) is 13.0. The molecule has 23 heavy (non-hydrogen) atoms.